The van der Waals surface area contributed by atoms with Crippen LogP contribution in [0.4, 0.5) is 0 Å². The van der Waals surface area contributed by atoms with Crippen LogP contribution in [0.3, 0.4) is 0 Å². The molecule has 0 aliphatic carbocycles. The number of hydrogen-bond donors (Lipinski definition) is 1. The van der Waals surface area contributed by atoms with Gasteiger partial charge in [0.25, 0.3) is 0 Å². The summed E-state index contributed by atoms with van der Waals surface area (Å²) in [4.78, 5) is 4.93. The van der Waals surface area contributed by atoms with E-state index in [0.717, 1.165) is 43.9 Å². The molecule has 1 aliphatic heterocycles. The van der Waals surface area contributed by atoms with Gasteiger partial charge in [0.1, 0.15) is 5.75 Å². The van der Waals surface area contributed by atoms with Crippen molar-refractivity contribution in [3.8, 4) is 5.75 Å². The lowest BCUT2D eigenvalue weighted by Gasteiger charge is -2.38. The normalized spacial score (nSPS) is 19.9. The van der Waals surface area contributed by atoms with Crippen molar-refractivity contribution in [3.05, 3.63) is 29.3 Å². The quantitative estimate of drug-likeness (QED) is 0.890. The number of aryl methyl sites for hydroxylation is 1. The first-order valence-electron chi connectivity index (χ1n) is 6.87. The van der Waals surface area contributed by atoms with E-state index in [1.165, 1.54) is 0 Å². The summed E-state index contributed by atoms with van der Waals surface area (Å²) in [7, 11) is 0. The molecule has 0 amide bonds. The average Bonchev–Trinajstić information content (AvgIpc) is 2.38. The Morgan fingerprint density at radius 2 is 1.89 bits per heavy atom. The summed E-state index contributed by atoms with van der Waals surface area (Å²) in [6, 6.07) is 6.29. The number of piperazine rings is 1. The van der Waals surface area contributed by atoms with Crippen molar-refractivity contribution in [2.24, 2.45) is 0 Å². The molecule has 1 fully saturated rings. The minimum Gasteiger partial charge on any atom is -0.508 e. The predicted octanol–water partition coefficient (Wildman–Crippen LogP) is 2.40. The van der Waals surface area contributed by atoms with E-state index >= 15 is 0 Å². The largest absolute Gasteiger partial charge is 0.508 e. The zero-order valence-corrected chi connectivity index (χ0v) is 11.7. The van der Waals surface area contributed by atoms with Gasteiger partial charge in [0.05, 0.1) is 0 Å². The number of rotatable bonds is 3. The fraction of sp³-hybridized carbons (Fsp3) is 0.600. The van der Waals surface area contributed by atoms with Gasteiger partial charge in [-0.25, -0.2) is 0 Å². The van der Waals surface area contributed by atoms with Gasteiger partial charge in [-0.05, 0) is 32.0 Å². The van der Waals surface area contributed by atoms with Crippen LogP contribution in [0.2, 0.25) is 0 Å². The molecule has 3 nitrogen and oxygen atoms in total. The highest BCUT2D eigenvalue weighted by molar-refractivity contribution is 5.37. The maximum absolute atomic E-state index is 10.1. The van der Waals surface area contributed by atoms with Crippen molar-refractivity contribution in [2.45, 2.75) is 26.8 Å². The Balaban J connectivity index is 2.05. The van der Waals surface area contributed by atoms with Crippen LogP contribution in [0.15, 0.2) is 18.2 Å². The van der Waals surface area contributed by atoms with Crippen LogP contribution in [-0.2, 0) is 0 Å². The fourth-order valence-electron chi connectivity index (χ4n) is 2.67. The summed E-state index contributed by atoms with van der Waals surface area (Å²) >= 11 is 0. The summed E-state index contributed by atoms with van der Waals surface area (Å²) in [5.74, 6) is 0.431. The number of aromatic hydroxyl groups is 1. The summed E-state index contributed by atoms with van der Waals surface area (Å²) in [5, 5.41) is 10.1. The van der Waals surface area contributed by atoms with Gasteiger partial charge in [-0.3, -0.25) is 4.90 Å². The Hall–Kier alpha value is -1.06. The lowest BCUT2D eigenvalue weighted by Crippen LogP contribution is -2.46. The summed E-state index contributed by atoms with van der Waals surface area (Å²) in [5.41, 5.74) is 2.16. The first-order chi connectivity index (χ1) is 8.61. The van der Waals surface area contributed by atoms with Gasteiger partial charge in [-0.2, -0.15) is 0 Å². The molecule has 1 N–H and O–H groups in total. The highest BCUT2D eigenvalue weighted by atomic mass is 16.3. The lowest BCUT2D eigenvalue weighted by atomic mass is 10.0. The molecule has 0 bridgehead atoms. The zero-order chi connectivity index (χ0) is 13.1. The van der Waals surface area contributed by atoms with Crippen LogP contribution in [0.25, 0.3) is 0 Å². The molecule has 18 heavy (non-hydrogen) atoms. The molecule has 1 atom stereocenters. The van der Waals surface area contributed by atoms with Crippen molar-refractivity contribution >= 4 is 0 Å². The number of benzene rings is 1. The molecule has 1 aliphatic rings. The maximum Gasteiger partial charge on any atom is 0.120 e. The molecule has 0 radical (unpaired) electrons. The molecule has 0 saturated carbocycles. The number of hydrogen-bond acceptors (Lipinski definition) is 3. The first kappa shape index (κ1) is 13.4. The molecular weight excluding hydrogens is 224 g/mol. The number of likely N-dealkylation sites (N-methyl/N-ethyl adjacent to an activating group) is 1. The third-order valence-electron chi connectivity index (χ3n) is 4.04. The topological polar surface area (TPSA) is 26.7 Å². The van der Waals surface area contributed by atoms with Crippen LogP contribution >= 0.6 is 0 Å². The second-order valence-corrected chi connectivity index (χ2v) is 5.21. The number of phenolic OH excluding ortho intramolecular Hbond substituents is 1. The molecule has 0 aromatic heterocycles. The zero-order valence-electron chi connectivity index (χ0n) is 11.7. The van der Waals surface area contributed by atoms with Crippen LogP contribution in [0.5, 0.6) is 5.75 Å². The smallest absolute Gasteiger partial charge is 0.120 e. The predicted molar refractivity (Wildman–Crippen MR) is 74.9 cm³/mol. The fourth-order valence-corrected chi connectivity index (χ4v) is 2.67. The van der Waals surface area contributed by atoms with E-state index in [9.17, 15) is 5.11 Å². The Labute approximate surface area is 110 Å². The van der Waals surface area contributed by atoms with E-state index in [-0.39, 0.29) is 0 Å². The van der Waals surface area contributed by atoms with Crippen LogP contribution in [0, 0.1) is 6.92 Å². The third-order valence-corrected chi connectivity index (χ3v) is 4.04. The highest BCUT2D eigenvalue weighted by Crippen LogP contribution is 2.29. The van der Waals surface area contributed by atoms with E-state index in [0.29, 0.717) is 11.8 Å². The molecule has 3 heteroatoms. The third kappa shape index (κ3) is 2.85. The Bertz CT molecular complexity index is 397. The SMILES string of the molecule is CCN1CCN(C(C)c2ccc(C)cc2O)CC1. The molecule has 1 unspecified atom stereocenters. The van der Waals surface area contributed by atoms with Gasteiger partial charge < -0.3 is 10.0 Å². The molecule has 100 valence electrons. The van der Waals surface area contributed by atoms with Crippen LogP contribution in [-0.4, -0.2) is 47.6 Å². The molecule has 1 saturated heterocycles. The van der Waals surface area contributed by atoms with Gasteiger partial charge in [-0.15, -0.1) is 0 Å². The van der Waals surface area contributed by atoms with Crippen molar-refractivity contribution in [2.75, 3.05) is 32.7 Å². The van der Waals surface area contributed by atoms with E-state index in [1.54, 1.807) is 0 Å². The molecule has 1 aromatic rings. The molecule has 1 heterocycles. The van der Waals surface area contributed by atoms with Crippen molar-refractivity contribution in [3.63, 3.8) is 0 Å². The molecular formula is C15H24N2O. The monoisotopic (exact) mass is 248 g/mol. The first-order valence-corrected chi connectivity index (χ1v) is 6.87. The van der Waals surface area contributed by atoms with Crippen molar-refractivity contribution < 1.29 is 5.11 Å². The van der Waals surface area contributed by atoms with Gasteiger partial charge in [0.2, 0.25) is 0 Å². The van der Waals surface area contributed by atoms with Gasteiger partial charge >= 0.3 is 0 Å². The summed E-state index contributed by atoms with van der Waals surface area (Å²) in [6.45, 7) is 12.0. The Morgan fingerprint density at radius 1 is 1.22 bits per heavy atom. The second-order valence-electron chi connectivity index (χ2n) is 5.21. The van der Waals surface area contributed by atoms with Crippen LogP contribution < -0.4 is 0 Å². The van der Waals surface area contributed by atoms with E-state index in [4.69, 9.17) is 0 Å². The molecule has 2 rings (SSSR count). The minimum atomic E-state index is 0.296. The molecule has 1 aromatic carbocycles. The molecule has 0 spiro atoms. The van der Waals surface area contributed by atoms with Gasteiger partial charge in [0, 0.05) is 37.8 Å². The van der Waals surface area contributed by atoms with Crippen molar-refractivity contribution in [1.82, 2.24) is 9.80 Å². The maximum atomic E-state index is 10.1. The summed E-state index contributed by atoms with van der Waals surface area (Å²) in [6.07, 6.45) is 0. The van der Waals surface area contributed by atoms with Gasteiger partial charge in [0.15, 0.2) is 0 Å². The van der Waals surface area contributed by atoms with E-state index in [1.807, 2.05) is 13.0 Å². The van der Waals surface area contributed by atoms with E-state index < -0.39 is 0 Å². The highest BCUT2D eigenvalue weighted by Gasteiger charge is 2.22. The van der Waals surface area contributed by atoms with Crippen LogP contribution in [0.1, 0.15) is 31.0 Å². The van der Waals surface area contributed by atoms with Crippen molar-refractivity contribution in [1.29, 1.82) is 0 Å². The lowest BCUT2D eigenvalue weighted by molar-refractivity contribution is 0.105. The van der Waals surface area contributed by atoms with E-state index in [2.05, 4.69) is 35.8 Å². The Kier molecular flexibility index (Phi) is 4.25. The number of nitrogens with zero attached hydrogens (tertiary/aromatic N) is 2. The Morgan fingerprint density at radius 3 is 2.44 bits per heavy atom. The summed E-state index contributed by atoms with van der Waals surface area (Å²) < 4.78 is 0. The number of phenols is 1. The second kappa shape index (κ2) is 5.72. The minimum absolute atomic E-state index is 0.296. The average molecular weight is 248 g/mol. The standard InChI is InChI=1S/C15H24N2O/c1-4-16-7-9-17(10-8-16)13(3)14-6-5-12(2)11-15(14)18/h5-6,11,13,18H,4,7-10H2,1-3H3. The van der Waals surface area contributed by atoms with Gasteiger partial charge in [-0.1, -0.05) is 19.1 Å².